The molecular weight excluding hydrogens is 468 g/mol. The Kier molecular flexibility index (Phi) is 5.09. The average molecular weight is 484 g/mol. The van der Waals surface area contributed by atoms with Crippen LogP contribution in [0.5, 0.6) is 0 Å². The summed E-state index contributed by atoms with van der Waals surface area (Å²) < 4.78 is 59.4. The maximum Gasteiger partial charge on any atom is 0.425 e. The number of fused-ring (bicyclic) bond motifs is 2. The smallest absolute Gasteiger partial charge is 0.425 e. The summed E-state index contributed by atoms with van der Waals surface area (Å²) >= 11 is 0. The van der Waals surface area contributed by atoms with Crippen molar-refractivity contribution in [3.05, 3.63) is 90.1 Å². The van der Waals surface area contributed by atoms with E-state index in [1.165, 1.54) is 65.6 Å². The number of carbonyl (C=O) groups is 1. The van der Waals surface area contributed by atoms with Crippen LogP contribution in [-0.2, 0) is 16.9 Å². The first-order chi connectivity index (χ1) is 16.6. The summed E-state index contributed by atoms with van der Waals surface area (Å²) in [7, 11) is 0. The van der Waals surface area contributed by atoms with Crippen LogP contribution >= 0.6 is 0 Å². The van der Waals surface area contributed by atoms with E-state index in [2.05, 4.69) is 10.1 Å². The van der Waals surface area contributed by atoms with Gasteiger partial charge >= 0.3 is 12.1 Å². The van der Waals surface area contributed by atoms with Gasteiger partial charge in [0.1, 0.15) is 18.0 Å². The fourth-order valence-electron chi connectivity index (χ4n) is 4.20. The van der Waals surface area contributed by atoms with Crippen LogP contribution < -0.4 is 0 Å². The Hall–Kier alpha value is -4.25. The molecule has 1 unspecified atom stereocenters. The molecule has 0 spiro atoms. The third-order valence-corrected chi connectivity index (χ3v) is 5.80. The van der Waals surface area contributed by atoms with Crippen LogP contribution in [0.2, 0.25) is 0 Å². The van der Waals surface area contributed by atoms with Crippen LogP contribution in [-0.4, -0.2) is 41.7 Å². The number of benzene rings is 2. The van der Waals surface area contributed by atoms with Gasteiger partial charge in [0, 0.05) is 28.7 Å². The van der Waals surface area contributed by atoms with Gasteiger partial charge in [0.05, 0.1) is 17.4 Å². The van der Waals surface area contributed by atoms with Crippen LogP contribution in [0.4, 0.5) is 17.6 Å². The molecule has 2 N–H and O–H groups in total. The Labute approximate surface area is 194 Å². The number of carboxylic acids is 1. The minimum Gasteiger partial charge on any atom is -0.480 e. The van der Waals surface area contributed by atoms with Gasteiger partial charge in [0.15, 0.2) is 0 Å². The van der Waals surface area contributed by atoms with E-state index in [4.69, 9.17) is 0 Å². The SMILES string of the molecule is O=C(O)Cn1cc(C(O)(c2ccc3c(cnn3-c3ccc(F)cc3)c2)C(F)(F)F)c2cccnc21. The highest BCUT2D eigenvalue weighted by molar-refractivity contribution is 5.85. The van der Waals surface area contributed by atoms with Crippen LogP contribution in [0, 0.1) is 5.82 Å². The quantitative estimate of drug-likeness (QED) is 0.361. The zero-order valence-corrected chi connectivity index (χ0v) is 17.7. The molecule has 0 aliphatic heterocycles. The van der Waals surface area contributed by atoms with E-state index in [1.807, 2.05) is 0 Å². The van der Waals surface area contributed by atoms with Gasteiger partial charge in [0.25, 0.3) is 0 Å². The van der Waals surface area contributed by atoms with Gasteiger partial charge in [-0.05, 0) is 54.1 Å². The Morgan fingerprint density at radius 3 is 2.49 bits per heavy atom. The summed E-state index contributed by atoms with van der Waals surface area (Å²) in [6.45, 7) is -0.634. The number of alkyl halides is 3. The molecule has 7 nitrogen and oxygen atoms in total. The molecule has 0 aliphatic carbocycles. The number of carboxylic acid groups (broad SMARTS) is 1. The normalized spacial score (nSPS) is 13.9. The average Bonchev–Trinajstić information content (AvgIpc) is 3.40. The minimum absolute atomic E-state index is 0.00205. The van der Waals surface area contributed by atoms with Crippen LogP contribution in [0.15, 0.2) is 73.2 Å². The van der Waals surface area contributed by atoms with Crippen molar-refractivity contribution in [2.45, 2.75) is 18.3 Å². The molecule has 0 bridgehead atoms. The Morgan fingerprint density at radius 2 is 1.80 bits per heavy atom. The monoisotopic (exact) mass is 484 g/mol. The second-order valence-electron chi connectivity index (χ2n) is 7.95. The van der Waals surface area contributed by atoms with Gasteiger partial charge < -0.3 is 14.8 Å². The van der Waals surface area contributed by atoms with E-state index < -0.39 is 41.2 Å². The largest absolute Gasteiger partial charge is 0.480 e. The lowest BCUT2D eigenvalue weighted by Gasteiger charge is -2.31. The first-order valence-electron chi connectivity index (χ1n) is 10.3. The highest BCUT2D eigenvalue weighted by Crippen LogP contribution is 2.47. The molecule has 0 fully saturated rings. The molecule has 0 saturated heterocycles. The van der Waals surface area contributed by atoms with Crippen molar-refractivity contribution in [1.29, 1.82) is 0 Å². The van der Waals surface area contributed by atoms with Crippen LogP contribution in [0.25, 0.3) is 27.6 Å². The molecule has 11 heteroatoms. The molecule has 0 saturated carbocycles. The first kappa shape index (κ1) is 22.5. The molecule has 35 heavy (non-hydrogen) atoms. The molecule has 5 aromatic rings. The number of pyridine rings is 1. The number of hydrogen-bond acceptors (Lipinski definition) is 4. The first-order valence-corrected chi connectivity index (χ1v) is 10.3. The predicted molar refractivity (Wildman–Crippen MR) is 117 cm³/mol. The second-order valence-corrected chi connectivity index (χ2v) is 7.95. The Bertz CT molecular complexity index is 1570. The van der Waals surface area contributed by atoms with E-state index >= 15 is 0 Å². The highest BCUT2D eigenvalue weighted by atomic mass is 19.4. The molecule has 0 aliphatic rings. The van der Waals surface area contributed by atoms with Crippen molar-refractivity contribution in [3.63, 3.8) is 0 Å². The summed E-state index contributed by atoms with van der Waals surface area (Å²) in [5.74, 6) is -1.72. The van der Waals surface area contributed by atoms with E-state index in [0.29, 0.717) is 16.6 Å². The lowest BCUT2D eigenvalue weighted by molar-refractivity contribution is -0.247. The molecule has 0 radical (unpaired) electrons. The summed E-state index contributed by atoms with van der Waals surface area (Å²) in [4.78, 5) is 15.3. The molecule has 5 rings (SSSR count). The van der Waals surface area contributed by atoms with Crippen molar-refractivity contribution >= 4 is 27.9 Å². The van der Waals surface area contributed by atoms with Gasteiger partial charge in [-0.25, -0.2) is 14.1 Å². The maximum atomic E-state index is 14.5. The number of halogens is 4. The molecule has 0 amide bonds. The topological polar surface area (TPSA) is 93.2 Å². The number of nitrogens with zero attached hydrogens (tertiary/aromatic N) is 4. The zero-order valence-electron chi connectivity index (χ0n) is 17.7. The molecule has 3 aromatic heterocycles. The van der Waals surface area contributed by atoms with Crippen molar-refractivity contribution in [3.8, 4) is 5.69 Å². The fourth-order valence-corrected chi connectivity index (χ4v) is 4.20. The number of rotatable bonds is 5. The van der Waals surface area contributed by atoms with Crippen LogP contribution in [0.3, 0.4) is 0 Å². The van der Waals surface area contributed by atoms with E-state index in [-0.39, 0.29) is 11.0 Å². The highest BCUT2D eigenvalue weighted by Gasteiger charge is 2.57. The summed E-state index contributed by atoms with van der Waals surface area (Å²) in [6.07, 6.45) is -1.53. The number of hydrogen-bond donors (Lipinski definition) is 2. The molecule has 1 atom stereocenters. The molecule has 178 valence electrons. The third-order valence-electron chi connectivity index (χ3n) is 5.80. The van der Waals surface area contributed by atoms with Gasteiger partial charge in [-0.2, -0.15) is 18.3 Å². The van der Waals surface area contributed by atoms with Crippen molar-refractivity contribution in [1.82, 2.24) is 19.3 Å². The second kappa shape index (κ2) is 7.91. The maximum absolute atomic E-state index is 14.5. The lowest BCUT2D eigenvalue weighted by Crippen LogP contribution is -2.43. The van der Waals surface area contributed by atoms with Crippen LogP contribution in [0.1, 0.15) is 11.1 Å². The zero-order chi connectivity index (χ0) is 25.0. The summed E-state index contributed by atoms with van der Waals surface area (Å²) in [5.41, 5.74) is -3.54. The van der Waals surface area contributed by atoms with Crippen molar-refractivity contribution < 1.29 is 32.6 Å². The van der Waals surface area contributed by atoms with Crippen molar-refractivity contribution in [2.75, 3.05) is 0 Å². The third kappa shape index (κ3) is 3.60. The minimum atomic E-state index is -5.16. The predicted octanol–water partition coefficient (Wildman–Crippen LogP) is 4.40. The van der Waals surface area contributed by atoms with Gasteiger partial charge in [-0.15, -0.1) is 0 Å². The van der Waals surface area contributed by atoms with Crippen molar-refractivity contribution in [2.24, 2.45) is 0 Å². The van der Waals surface area contributed by atoms with Gasteiger partial charge in [-0.3, -0.25) is 4.79 Å². The van der Waals surface area contributed by atoms with Gasteiger partial charge in [0.2, 0.25) is 5.60 Å². The van der Waals surface area contributed by atoms with Gasteiger partial charge in [-0.1, -0.05) is 6.07 Å². The Balaban J connectivity index is 1.70. The molecular formula is C24H16F4N4O3. The van der Waals surface area contributed by atoms with E-state index in [0.717, 1.165) is 16.8 Å². The number of aliphatic carboxylic acids is 1. The standard InChI is InChI=1S/C24H16F4N4O3/c25-16-4-6-17(7-5-16)32-20-8-3-15(10-14(20)11-30-32)23(35,24(26,27)28)19-12-31(13-21(33)34)22-18(19)2-1-9-29-22/h1-12,35H,13H2,(H,33,34). The number of aromatic nitrogens is 4. The molecule has 2 aromatic carbocycles. The Morgan fingerprint density at radius 1 is 1.06 bits per heavy atom. The molecule has 3 heterocycles. The lowest BCUT2D eigenvalue weighted by atomic mass is 9.85. The fraction of sp³-hybridized carbons (Fsp3) is 0.125. The van der Waals surface area contributed by atoms with E-state index in [1.54, 1.807) is 0 Å². The van der Waals surface area contributed by atoms with E-state index in [9.17, 15) is 32.6 Å². The number of aliphatic hydroxyl groups is 1. The summed E-state index contributed by atoms with van der Waals surface area (Å²) in [6, 6.07) is 11.9. The summed E-state index contributed by atoms with van der Waals surface area (Å²) in [5, 5.41) is 24.9.